The molecule has 17 heavy (non-hydrogen) atoms. The quantitative estimate of drug-likeness (QED) is 0.559. The Morgan fingerprint density at radius 3 is 2.71 bits per heavy atom. The number of thioether (sulfide) groups is 1. The molecule has 1 saturated carbocycles. The maximum absolute atomic E-state index is 9.45. The van der Waals surface area contributed by atoms with Crippen LogP contribution in [0.1, 0.15) is 39.0 Å². The van der Waals surface area contributed by atoms with E-state index in [0.717, 1.165) is 18.8 Å². The standard InChI is InChI=1S/C13H27NO2S/c1-13(11-15,14-12-5-6-12)7-3-4-9-17-10-8-16-2/h12,14-15H,3-11H2,1-2H3. The molecular formula is C13H27NO2S. The van der Waals surface area contributed by atoms with Crippen LogP contribution in [0.15, 0.2) is 0 Å². The Labute approximate surface area is 110 Å². The number of rotatable bonds is 11. The van der Waals surface area contributed by atoms with Crippen LogP contribution in [0, 0.1) is 0 Å². The smallest absolute Gasteiger partial charge is 0.0610 e. The van der Waals surface area contributed by atoms with Gasteiger partial charge in [0, 0.05) is 24.4 Å². The fourth-order valence-corrected chi connectivity index (χ4v) is 2.78. The number of nitrogens with one attached hydrogen (secondary N) is 1. The van der Waals surface area contributed by atoms with E-state index in [1.54, 1.807) is 7.11 Å². The normalized spacial score (nSPS) is 19.2. The molecule has 1 aliphatic rings. The van der Waals surface area contributed by atoms with Crippen molar-refractivity contribution in [3.8, 4) is 0 Å². The molecule has 4 heteroatoms. The average molecular weight is 261 g/mol. The van der Waals surface area contributed by atoms with Crippen LogP contribution < -0.4 is 5.32 Å². The minimum Gasteiger partial charge on any atom is -0.394 e. The number of ether oxygens (including phenoxy) is 1. The van der Waals surface area contributed by atoms with Crippen LogP contribution in [0.3, 0.4) is 0 Å². The van der Waals surface area contributed by atoms with Crippen LogP contribution in [0.25, 0.3) is 0 Å². The minimum atomic E-state index is -0.0572. The lowest BCUT2D eigenvalue weighted by Gasteiger charge is -2.29. The predicted molar refractivity (Wildman–Crippen MR) is 74.7 cm³/mol. The summed E-state index contributed by atoms with van der Waals surface area (Å²) in [4.78, 5) is 0. The van der Waals surface area contributed by atoms with E-state index in [-0.39, 0.29) is 12.1 Å². The number of unbranched alkanes of at least 4 members (excludes halogenated alkanes) is 1. The predicted octanol–water partition coefficient (Wildman–Crippen LogP) is 2.04. The fourth-order valence-electron chi connectivity index (χ4n) is 1.88. The van der Waals surface area contributed by atoms with Crippen LogP contribution in [0.5, 0.6) is 0 Å². The summed E-state index contributed by atoms with van der Waals surface area (Å²) < 4.78 is 5.01. The molecule has 0 amide bonds. The molecule has 1 atom stereocenters. The largest absolute Gasteiger partial charge is 0.394 e. The van der Waals surface area contributed by atoms with Crippen molar-refractivity contribution >= 4 is 11.8 Å². The van der Waals surface area contributed by atoms with Gasteiger partial charge in [0.1, 0.15) is 0 Å². The minimum absolute atomic E-state index is 0.0572. The molecule has 0 bridgehead atoms. The van der Waals surface area contributed by atoms with Gasteiger partial charge in [-0.2, -0.15) is 11.8 Å². The van der Waals surface area contributed by atoms with E-state index in [4.69, 9.17) is 4.74 Å². The Balaban J connectivity index is 1.98. The molecule has 0 heterocycles. The Bertz CT molecular complexity index is 200. The molecular weight excluding hydrogens is 234 g/mol. The van der Waals surface area contributed by atoms with Crippen molar-refractivity contribution in [2.75, 3.05) is 31.8 Å². The zero-order chi connectivity index (χ0) is 12.6. The van der Waals surface area contributed by atoms with Gasteiger partial charge >= 0.3 is 0 Å². The molecule has 0 aliphatic heterocycles. The third-order valence-corrected chi connectivity index (χ3v) is 4.21. The molecule has 2 N–H and O–H groups in total. The van der Waals surface area contributed by atoms with E-state index in [2.05, 4.69) is 12.2 Å². The van der Waals surface area contributed by atoms with Crippen molar-refractivity contribution in [3.63, 3.8) is 0 Å². The van der Waals surface area contributed by atoms with E-state index >= 15 is 0 Å². The van der Waals surface area contributed by atoms with E-state index in [1.807, 2.05) is 11.8 Å². The summed E-state index contributed by atoms with van der Waals surface area (Å²) in [6.45, 7) is 3.24. The molecule has 0 aromatic rings. The van der Waals surface area contributed by atoms with Gasteiger partial charge in [-0.15, -0.1) is 0 Å². The van der Waals surface area contributed by atoms with E-state index in [0.29, 0.717) is 6.04 Å². The zero-order valence-corrected chi connectivity index (χ0v) is 12.0. The van der Waals surface area contributed by atoms with E-state index in [9.17, 15) is 5.11 Å². The number of methoxy groups -OCH3 is 1. The van der Waals surface area contributed by atoms with Crippen LogP contribution in [0.2, 0.25) is 0 Å². The molecule has 1 unspecified atom stereocenters. The number of aliphatic hydroxyl groups is 1. The number of aliphatic hydroxyl groups excluding tert-OH is 1. The van der Waals surface area contributed by atoms with Crippen LogP contribution in [-0.2, 0) is 4.74 Å². The summed E-state index contributed by atoms with van der Waals surface area (Å²) >= 11 is 1.95. The van der Waals surface area contributed by atoms with Crippen LogP contribution in [-0.4, -0.2) is 48.5 Å². The molecule has 0 aromatic heterocycles. The highest BCUT2D eigenvalue weighted by molar-refractivity contribution is 7.99. The van der Waals surface area contributed by atoms with Crippen molar-refractivity contribution in [2.45, 2.75) is 50.6 Å². The number of hydrogen-bond donors (Lipinski definition) is 2. The Morgan fingerprint density at radius 2 is 2.12 bits per heavy atom. The highest BCUT2D eigenvalue weighted by Gasteiger charge is 2.31. The summed E-state index contributed by atoms with van der Waals surface area (Å²) in [5, 5.41) is 13.0. The van der Waals surface area contributed by atoms with Crippen molar-refractivity contribution in [1.29, 1.82) is 0 Å². The first-order valence-corrected chi connectivity index (χ1v) is 7.81. The fraction of sp³-hybridized carbons (Fsp3) is 1.00. The second-order valence-electron chi connectivity index (χ2n) is 5.20. The highest BCUT2D eigenvalue weighted by atomic mass is 32.2. The van der Waals surface area contributed by atoms with Gasteiger partial charge in [-0.25, -0.2) is 0 Å². The lowest BCUT2D eigenvalue weighted by Crippen LogP contribution is -2.46. The SMILES string of the molecule is COCCSCCCCC(C)(CO)NC1CC1. The molecule has 3 nitrogen and oxygen atoms in total. The van der Waals surface area contributed by atoms with Crippen molar-refractivity contribution in [3.05, 3.63) is 0 Å². The van der Waals surface area contributed by atoms with E-state index in [1.165, 1.54) is 31.4 Å². The highest BCUT2D eigenvalue weighted by Crippen LogP contribution is 2.25. The van der Waals surface area contributed by atoms with Gasteiger partial charge in [-0.05, 0) is 38.4 Å². The van der Waals surface area contributed by atoms with Crippen LogP contribution >= 0.6 is 11.8 Å². The van der Waals surface area contributed by atoms with Crippen molar-refractivity contribution in [2.24, 2.45) is 0 Å². The van der Waals surface area contributed by atoms with Gasteiger partial charge in [0.25, 0.3) is 0 Å². The third kappa shape index (κ3) is 7.29. The van der Waals surface area contributed by atoms with Gasteiger partial charge in [0.2, 0.25) is 0 Å². The third-order valence-electron chi connectivity index (χ3n) is 3.18. The maximum atomic E-state index is 9.45. The average Bonchev–Trinajstić information content (AvgIpc) is 3.12. The Kier molecular flexibility index (Phi) is 7.51. The van der Waals surface area contributed by atoms with Gasteiger partial charge in [0.15, 0.2) is 0 Å². The van der Waals surface area contributed by atoms with Gasteiger partial charge in [-0.3, -0.25) is 0 Å². The summed E-state index contributed by atoms with van der Waals surface area (Å²) in [7, 11) is 1.75. The van der Waals surface area contributed by atoms with Crippen molar-refractivity contribution in [1.82, 2.24) is 5.32 Å². The number of hydrogen-bond acceptors (Lipinski definition) is 4. The molecule has 102 valence electrons. The first kappa shape index (κ1) is 15.3. The second kappa shape index (κ2) is 8.35. The molecule has 1 fully saturated rings. The van der Waals surface area contributed by atoms with E-state index < -0.39 is 0 Å². The van der Waals surface area contributed by atoms with Crippen LogP contribution in [0.4, 0.5) is 0 Å². The molecule has 1 rings (SSSR count). The summed E-state index contributed by atoms with van der Waals surface area (Å²) in [5.74, 6) is 2.29. The maximum Gasteiger partial charge on any atom is 0.0610 e. The first-order chi connectivity index (χ1) is 8.20. The Hall–Kier alpha value is 0.230. The summed E-state index contributed by atoms with van der Waals surface area (Å²) in [6.07, 6.45) is 6.06. The first-order valence-electron chi connectivity index (χ1n) is 6.65. The van der Waals surface area contributed by atoms with Gasteiger partial charge in [0.05, 0.1) is 13.2 Å². The van der Waals surface area contributed by atoms with Gasteiger partial charge < -0.3 is 15.2 Å². The molecule has 0 spiro atoms. The molecule has 0 aromatic carbocycles. The molecule has 1 aliphatic carbocycles. The van der Waals surface area contributed by atoms with Gasteiger partial charge in [-0.1, -0.05) is 6.42 Å². The topological polar surface area (TPSA) is 41.5 Å². The molecule has 0 saturated heterocycles. The monoisotopic (exact) mass is 261 g/mol. The van der Waals surface area contributed by atoms with Crippen molar-refractivity contribution < 1.29 is 9.84 Å². The molecule has 0 radical (unpaired) electrons. The summed E-state index contributed by atoms with van der Waals surface area (Å²) in [5.41, 5.74) is -0.0572. The Morgan fingerprint density at radius 1 is 1.35 bits per heavy atom. The zero-order valence-electron chi connectivity index (χ0n) is 11.2. The lowest BCUT2D eigenvalue weighted by molar-refractivity contribution is 0.161. The lowest BCUT2D eigenvalue weighted by atomic mass is 9.96. The second-order valence-corrected chi connectivity index (χ2v) is 6.42. The summed E-state index contributed by atoms with van der Waals surface area (Å²) in [6, 6.07) is 0.670.